The number of hydrogen-bond acceptors (Lipinski definition) is 5. The van der Waals surface area contributed by atoms with Gasteiger partial charge < -0.3 is 20.2 Å². The number of phenols is 1. The number of nitrogens with zero attached hydrogens (tertiary/aromatic N) is 4. The van der Waals surface area contributed by atoms with E-state index in [1.54, 1.807) is 40.3 Å². The minimum absolute atomic E-state index is 0.0536. The van der Waals surface area contributed by atoms with Crippen LogP contribution in [0, 0.1) is 5.82 Å². The summed E-state index contributed by atoms with van der Waals surface area (Å²) in [6.45, 7) is 4.43. The van der Waals surface area contributed by atoms with E-state index in [9.17, 15) is 23.9 Å². The van der Waals surface area contributed by atoms with Gasteiger partial charge >= 0.3 is 6.03 Å². The van der Waals surface area contributed by atoms with Gasteiger partial charge in [-0.05, 0) is 56.9 Å². The number of carbonyl (C=O) groups excluding carboxylic acids is 3. The number of urea groups is 1. The van der Waals surface area contributed by atoms with Crippen LogP contribution in [0.25, 0.3) is 0 Å². The summed E-state index contributed by atoms with van der Waals surface area (Å²) in [4.78, 5) is 44.5. The molecule has 3 aromatic rings. The van der Waals surface area contributed by atoms with Crippen molar-refractivity contribution in [2.75, 3.05) is 19.6 Å². The van der Waals surface area contributed by atoms with Crippen molar-refractivity contribution in [1.82, 2.24) is 25.1 Å². The molecule has 2 saturated heterocycles. The van der Waals surface area contributed by atoms with Gasteiger partial charge in [0.15, 0.2) is 0 Å². The van der Waals surface area contributed by atoms with Gasteiger partial charge in [0, 0.05) is 26.1 Å². The molecule has 0 aliphatic carbocycles. The van der Waals surface area contributed by atoms with E-state index in [1.807, 2.05) is 30.3 Å². The molecule has 2 heterocycles. The number of amides is 4. The first-order valence-corrected chi connectivity index (χ1v) is 14.3. The van der Waals surface area contributed by atoms with Crippen LogP contribution >= 0.6 is 15.9 Å². The highest BCUT2D eigenvalue weighted by molar-refractivity contribution is 9.10. The van der Waals surface area contributed by atoms with Gasteiger partial charge in [-0.25, -0.2) is 19.2 Å². The van der Waals surface area contributed by atoms with Crippen molar-refractivity contribution in [1.29, 1.82) is 0 Å². The molecule has 0 unspecified atom stereocenters. The van der Waals surface area contributed by atoms with E-state index in [4.69, 9.17) is 0 Å². The molecule has 2 aliphatic heterocycles. The van der Waals surface area contributed by atoms with Gasteiger partial charge in [-0.15, -0.1) is 6.58 Å². The van der Waals surface area contributed by atoms with Crippen molar-refractivity contribution in [3.05, 3.63) is 112 Å². The Morgan fingerprint density at radius 3 is 2.45 bits per heavy atom. The van der Waals surface area contributed by atoms with Gasteiger partial charge in [-0.3, -0.25) is 9.59 Å². The molecule has 3 aromatic carbocycles. The molecule has 0 aromatic heterocycles. The number of hydrogen-bond donors (Lipinski definition) is 2. The SMILES string of the molecule is C=CCN1CC(=O)N2[C@@H](Cc3ccc(O)cc3)C(=O)N(Cc3ccc(F)c(Br)c3)C[C@@H]2N1C(=O)NCc1ccccc1. The summed E-state index contributed by atoms with van der Waals surface area (Å²) in [5, 5.41) is 15.9. The van der Waals surface area contributed by atoms with Gasteiger partial charge in [-0.2, -0.15) is 0 Å². The second-order valence-electron chi connectivity index (χ2n) is 10.3. The average Bonchev–Trinajstić information content (AvgIpc) is 2.97. The Hall–Kier alpha value is -4.22. The number of piperazine rings is 1. The number of fused-ring (bicyclic) bond motifs is 1. The zero-order chi connectivity index (χ0) is 29.8. The zero-order valence-electron chi connectivity index (χ0n) is 22.8. The Kier molecular flexibility index (Phi) is 8.89. The number of aromatic hydroxyl groups is 1. The third-order valence-corrected chi connectivity index (χ3v) is 8.00. The largest absolute Gasteiger partial charge is 0.508 e. The quantitative estimate of drug-likeness (QED) is 0.365. The minimum atomic E-state index is -0.903. The standard InChI is InChI=1S/C31H31BrFN5O4/c1-2-14-36-20-29(40)37-27(16-21-8-11-24(39)12-9-21)30(41)35(18-23-10-13-26(33)25(32)15-23)19-28(37)38(36)31(42)34-17-22-6-4-3-5-7-22/h2-13,15,27-28,39H,1,14,16-20H2,(H,34,42)/t27-,28-/m0/s1. The summed E-state index contributed by atoms with van der Waals surface area (Å²) < 4.78 is 14.2. The number of phenolic OH excluding ortho intramolecular Hbond substituents is 1. The molecule has 2 fully saturated rings. The fourth-order valence-electron chi connectivity index (χ4n) is 5.41. The van der Waals surface area contributed by atoms with Crippen LogP contribution in [-0.4, -0.2) is 74.6 Å². The maximum Gasteiger partial charge on any atom is 0.334 e. The maximum absolute atomic E-state index is 14.0. The number of nitrogens with one attached hydrogen (secondary N) is 1. The lowest BCUT2D eigenvalue weighted by Crippen LogP contribution is -2.76. The van der Waals surface area contributed by atoms with E-state index in [1.165, 1.54) is 28.1 Å². The van der Waals surface area contributed by atoms with Crippen molar-refractivity contribution >= 4 is 33.8 Å². The van der Waals surface area contributed by atoms with Crippen LogP contribution < -0.4 is 5.32 Å². The molecule has 2 N–H and O–H groups in total. The summed E-state index contributed by atoms with van der Waals surface area (Å²) in [6, 6.07) is 19.2. The topological polar surface area (TPSA) is 96.4 Å². The molecule has 0 spiro atoms. The van der Waals surface area contributed by atoms with Crippen LogP contribution in [0.5, 0.6) is 5.75 Å². The lowest BCUT2D eigenvalue weighted by atomic mass is 9.98. The predicted octanol–water partition coefficient (Wildman–Crippen LogP) is 4.03. The van der Waals surface area contributed by atoms with Crippen molar-refractivity contribution < 1.29 is 23.9 Å². The van der Waals surface area contributed by atoms with E-state index in [2.05, 4.69) is 27.8 Å². The number of hydrazine groups is 1. The highest BCUT2D eigenvalue weighted by atomic mass is 79.9. The van der Waals surface area contributed by atoms with Gasteiger partial charge in [0.05, 0.1) is 17.6 Å². The van der Waals surface area contributed by atoms with Crippen LogP contribution in [0.15, 0.2) is 89.9 Å². The van der Waals surface area contributed by atoms with E-state index < -0.39 is 24.1 Å². The normalized spacial score (nSPS) is 19.0. The van der Waals surface area contributed by atoms with E-state index in [0.29, 0.717) is 5.56 Å². The van der Waals surface area contributed by atoms with E-state index >= 15 is 0 Å². The third-order valence-electron chi connectivity index (χ3n) is 7.39. The number of carbonyl (C=O) groups is 3. The van der Waals surface area contributed by atoms with Gasteiger partial charge in [0.2, 0.25) is 11.8 Å². The molecule has 11 heteroatoms. The Bertz CT molecular complexity index is 1470. The van der Waals surface area contributed by atoms with E-state index in [0.717, 1.165) is 11.1 Å². The first-order valence-electron chi connectivity index (χ1n) is 13.5. The Balaban J connectivity index is 1.50. The predicted molar refractivity (Wildman–Crippen MR) is 158 cm³/mol. The molecular formula is C31H31BrFN5O4. The van der Waals surface area contributed by atoms with E-state index in [-0.39, 0.29) is 61.2 Å². The first-order chi connectivity index (χ1) is 20.2. The van der Waals surface area contributed by atoms with Gasteiger partial charge in [0.1, 0.15) is 23.8 Å². The summed E-state index contributed by atoms with van der Waals surface area (Å²) in [5.74, 6) is -0.894. The Morgan fingerprint density at radius 2 is 1.76 bits per heavy atom. The van der Waals surface area contributed by atoms with Crippen LogP contribution in [0.4, 0.5) is 9.18 Å². The number of benzene rings is 3. The zero-order valence-corrected chi connectivity index (χ0v) is 24.4. The molecular weight excluding hydrogens is 605 g/mol. The third kappa shape index (κ3) is 6.32. The first kappa shape index (κ1) is 29.3. The Labute approximate surface area is 251 Å². The average molecular weight is 637 g/mol. The molecule has 0 saturated carbocycles. The van der Waals surface area contributed by atoms with Crippen molar-refractivity contribution in [3.63, 3.8) is 0 Å². The number of rotatable bonds is 8. The minimum Gasteiger partial charge on any atom is -0.508 e. The van der Waals surface area contributed by atoms with Crippen molar-refractivity contribution in [2.24, 2.45) is 0 Å². The maximum atomic E-state index is 14.0. The fraction of sp³-hybridized carbons (Fsp3) is 0.258. The Morgan fingerprint density at radius 1 is 1.05 bits per heavy atom. The summed E-state index contributed by atoms with van der Waals surface area (Å²) >= 11 is 3.21. The molecule has 4 amide bonds. The highest BCUT2D eigenvalue weighted by Gasteiger charge is 2.51. The van der Waals surface area contributed by atoms with Crippen LogP contribution in [0.3, 0.4) is 0 Å². The summed E-state index contributed by atoms with van der Waals surface area (Å²) in [6.07, 6.45) is 1.01. The fourth-order valence-corrected chi connectivity index (χ4v) is 5.84. The highest BCUT2D eigenvalue weighted by Crippen LogP contribution is 2.30. The smallest absolute Gasteiger partial charge is 0.334 e. The van der Waals surface area contributed by atoms with Crippen LogP contribution in [0.1, 0.15) is 16.7 Å². The molecule has 42 heavy (non-hydrogen) atoms. The molecule has 0 radical (unpaired) electrons. The molecule has 0 bridgehead atoms. The van der Waals surface area contributed by atoms with Gasteiger partial charge in [-0.1, -0.05) is 54.6 Å². The second kappa shape index (κ2) is 12.7. The molecule has 5 rings (SSSR count). The monoisotopic (exact) mass is 635 g/mol. The van der Waals surface area contributed by atoms with Crippen LogP contribution in [-0.2, 0) is 29.1 Å². The lowest BCUT2D eigenvalue weighted by Gasteiger charge is -2.55. The molecule has 218 valence electrons. The van der Waals surface area contributed by atoms with Crippen molar-refractivity contribution in [2.45, 2.75) is 31.7 Å². The van der Waals surface area contributed by atoms with Gasteiger partial charge in [0.25, 0.3) is 0 Å². The summed E-state index contributed by atoms with van der Waals surface area (Å²) in [5.41, 5.74) is 2.36. The number of halogens is 2. The van der Waals surface area contributed by atoms with Crippen molar-refractivity contribution in [3.8, 4) is 5.75 Å². The molecule has 9 nitrogen and oxygen atoms in total. The second-order valence-corrected chi connectivity index (χ2v) is 11.1. The molecule has 2 atom stereocenters. The van der Waals surface area contributed by atoms with Crippen LogP contribution in [0.2, 0.25) is 0 Å². The molecule has 2 aliphatic rings. The summed E-state index contributed by atoms with van der Waals surface area (Å²) in [7, 11) is 0. The lowest BCUT2D eigenvalue weighted by molar-refractivity contribution is -0.189.